The number of carbonyl (C=O) groups excluding carboxylic acids is 2. The van der Waals surface area contributed by atoms with Gasteiger partial charge in [0.05, 0.1) is 18.8 Å². The molecule has 4 N–H and O–H groups in total. The third-order valence-corrected chi connectivity index (χ3v) is 6.32. The molecule has 184 valence electrons. The molecule has 12 heteroatoms. The minimum Gasteiger partial charge on any atom is -0.459 e. The number of phosphoric acid groups is 1. The van der Waals surface area contributed by atoms with Crippen LogP contribution in [0, 0.1) is 6.92 Å². The third-order valence-electron chi connectivity index (χ3n) is 5.68. The van der Waals surface area contributed by atoms with E-state index in [0.717, 1.165) is 16.5 Å². The summed E-state index contributed by atoms with van der Waals surface area (Å²) in [6.45, 7) is 3.32. The van der Waals surface area contributed by atoms with E-state index < -0.39 is 19.3 Å². The largest absolute Gasteiger partial charge is 0.470 e. The Labute approximate surface area is 201 Å². The van der Waals surface area contributed by atoms with Crippen LogP contribution in [0.5, 0.6) is 0 Å². The molecule has 1 aliphatic heterocycles. The van der Waals surface area contributed by atoms with E-state index in [9.17, 15) is 14.2 Å². The van der Waals surface area contributed by atoms with Gasteiger partial charge in [0.2, 0.25) is 5.91 Å². The number of furan rings is 1. The number of para-hydroxylation sites is 1. The Bertz CT molecular complexity index is 1380. The minimum absolute atomic E-state index is 0.175. The number of aryl methyl sites for hydroxylation is 1. The van der Waals surface area contributed by atoms with Crippen LogP contribution in [0.2, 0.25) is 0 Å². The lowest BCUT2D eigenvalue weighted by molar-refractivity contribution is -0.130. The molecule has 0 aliphatic carbocycles. The van der Waals surface area contributed by atoms with Crippen molar-refractivity contribution >= 4 is 48.2 Å². The lowest BCUT2D eigenvalue weighted by Gasteiger charge is -2.26. The van der Waals surface area contributed by atoms with E-state index in [0.29, 0.717) is 23.6 Å². The zero-order chi connectivity index (χ0) is 25.4. The monoisotopic (exact) mass is 500 g/mol. The number of nitrogens with one attached hydrogen (secondary N) is 2. The Morgan fingerprint density at radius 2 is 2.11 bits per heavy atom. The first kappa shape index (κ1) is 24.6. The maximum absolute atomic E-state index is 12.7. The van der Waals surface area contributed by atoms with E-state index in [-0.39, 0.29) is 18.3 Å². The van der Waals surface area contributed by atoms with Crippen LogP contribution in [0.1, 0.15) is 23.8 Å². The van der Waals surface area contributed by atoms with Gasteiger partial charge in [-0.2, -0.15) is 0 Å². The van der Waals surface area contributed by atoms with Crippen LogP contribution in [0.4, 0.5) is 11.5 Å². The number of hydrogen-bond donors (Lipinski definition) is 4. The van der Waals surface area contributed by atoms with Gasteiger partial charge < -0.3 is 29.7 Å². The summed E-state index contributed by atoms with van der Waals surface area (Å²) >= 11 is 0. The van der Waals surface area contributed by atoms with Crippen molar-refractivity contribution in [1.29, 1.82) is 0 Å². The fourth-order valence-electron chi connectivity index (χ4n) is 3.69. The Morgan fingerprint density at radius 1 is 1.37 bits per heavy atom. The van der Waals surface area contributed by atoms with E-state index in [1.807, 2.05) is 31.2 Å². The SMILES string of the molecule is Cc1c(CN(C)C(=O)/C=C/c2cnc3c(c2)NCC(C)(OP(=O)(O)O)C(=O)N3)oc2ccccc12. The molecule has 0 saturated heterocycles. The standard InChI is InChI=1S/C23H25N4O7P/c1-14-16-6-4-5-7-18(16)33-19(14)12-27(3)20(28)9-8-15-10-17-21(24-11-15)26-22(29)23(2,13-25-17)34-35(30,31)32/h4-11,25H,12-13H2,1-3H3,(H,24,26,29)(H2,30,31,32)/b9-8+. The highest BCUT2D eigenvalue weighted by molar-refractivity contribution is 7.46. The highest BCUT2D eigenvalue weighted by Crippen LogP contribution is 2.42. The lowest BCUT2D eigenvalue weighted by atomic mass is 10.1. The number of fused-ring (bicyclic) bond motifs is 2. The van der Waals surface area contributed by atoms with Crippen molar-refractivity contribution in [3.05, 3.63) is 59.5 Å². The summed E-state index contributed by atoms with van der Waals surface area (Å²) in [6, 6.07) is 9.34. The number of nitrogens with zero attached hydrogens (tertiary/aromatic N) is 2. The molecule has 0 radical (unpaired) electrons. The highest BCUT2D eigenvalue weighted by atomic mass is 31.2. The number of hydrogen-bond acceptors (Lipinski definition) is 7. The Hall–Kier alpha value is -3.50. The van der Waals surface area contributed by atoms with Gasteiger partial charge in [-0.25, -0.2) is 9.55 Å². The highest BCUT2D eigenvalue weighted by Gasteiger charge is 2.42. The summed E-state index contributed by atoms with van der Waals surface area (Å²) in [7, 11) is -3.24. The molecule has 1 atom stereocenters. The average molecular weight is 500 g/mol. The molecule has 1 aliphatic rings. The van der Waals surface area contributed by atoms with E-state index in [2.05, 4.69) is 15.6 Å². The Morgan fingerprint density at radius 3 is 2.83 bits per heavy atom. The van der Waals surface area contributed by atoms with Crippen molar-refractivity contribution < 1.29 is 32.9 Å². The smallest absolute Gasteiger partial charge is 0.459 e. The van der Waals surface area contributed by atoms with Crippen molar-refractivity contribution in [1.82, 2.24) is 9.88 Å². The lowest BCUT2D eigenvalue weighted by Crippen LogP contribution is -2.46. The second-order valence-electron chi connectivity index (χ2n) is 8.46. The van der Waals surface area contributed by atoms with Gasteiger partial charge in [-0.05, 0) is 37.6 Å². The first-order valence-electron chi connectivity index (χ1n) is 10.7. The molecule has 0 spiro atoms. The quantitative estimate of drug-likeness (QED) is 0.295. The summed E-state index contributed by atoms with van der Waals surface area (Å²) in [4.78, 5) is 49.1. The first-order chi connectivity index (χ1) is 16.4. The summed E-state index contributed by atoms with van der Waals surface area (Å²) in [5.74, 6) is -0.110. The molecule has 4 rings (SSSR count). The molecule has 2 aromatic heterocycles. The van der Waals surface area contributed by atoms with Crippen LogP contribution in [-0.2, 0) is 25.2 Å². The minimum atomic E-state index is -4.91. The van der Waals surface area contributed by atoms with Gasteiger partial charge in [-0.1, -0.05) is 18.2 Å². The summed E-state index contributed by atoms with van der Waals surface area (Å²) in [6.07, 6.45) is 4.44. The molecule has 0 fully saturated rings. The topological polar surface area (TPSA) is 154 Å². The summed E-state index contributed by atoms with van der Waals surface area (Å²) in [5, 5.41) is 6.43. The van der Waals surface area contributed by atoms with Gasteiger partial charge in [0, 0.05) is 30.3 Å². The second kappa shape index (κ2) is 9.27. The second-order valence-corrected chi connectivity index (χ2v) is 9.62. The number of rotatable bonds is 6. The number of likely N-dealkylation sites (N-methyl/N-ethyl adjacent to an activating group) is 1. The molecule has 1 aromatic carbocycles. The van der Waals surface area contributed by atoms with E-state index >= 15 is 0 Å². The van der Waals surface area contributed by atoms with Crippen molar-refractivity contribution in [2.24, 2.45) is 0 Å². The normalized spacial score (nSPS) is 18.1. The molecule has 35 heavy (non-hydrogen) atoms. The zero-order valence-electron chi connectivity index (χ0n) is 19.3. The van der Waals surface area contributed by atoms with Gasteiger partial charge in [-0.3, -0.25) is 14.1 Å². The van der Waals surface area contributed by atoms with Crippen LogP contribution in [0.25, 0.3) is 17.0 Å². The van der Waals surface area contributed by atoms with Crippen LogP contribution in [0.15, 0.2) is 47.0 Å². The molecular formula is C23H25N4O7P. The molecule has 1 unspecified atom stereocenters. The van der Waals surface area contributed by atoms with Crippen molar-refractivity contribution in [3.8, 4) is 0 Å². The van der Waals surface area contributed by atoms with E-state index in [1.165, 1.54) is 24.1 Å². The number of anilines is 2. The Balaban J connectivity index is 1.45. The molecule has 2 amide bonds. The van der Waals surface area contributed by atoms with Crippen LogP contribution in [-0.4, -0.2) is 50.7 Å². The predicted molar refractivity (Wildman–Crippen MR) is 129 cm³/mol. The van der Waals surface area contributed by atoms with E-state index in [4.69, 9.17) is 18.7 Å². The predicted octanol–water partition coefficient (Wildman–Crippen LogP) is 3.04. The number of benzene rings is 1. The summed E-state index contributed by atoms with van der Waals surface area (Å²) < 4.78 is 21.8. The number of pyridine rings is 1. The number of carbonyl (C=O) groups is 2. The van der Waals surface area contributed by atoms with Crippen LogP contribution in [0.3, 0.4) is 0 Å². The average Bonchev–Trinajstić information content (AvgIpc) is 3.04. The number of amides is 2. The zero-order valence-corrected chi connectivity index (χ0v) is 20.2. The Kier molecular flexibility index (Phi) is 6.52. The first-order valence-corrected chi connectivity index (χ1v) is 12.2. The molecule has 0 bridgehead atoms. The molecule has 3 heterocycles. The molecule has 3 aromatic rings. The maximum Gasteiger partial charge on any atom is 0.470 e. The third kappa shape index (κ3) is 5.44. The molecule has 0 saturated carbocycles. The maximum atomic E-state index is 12.7. The fraction of sp³-hybridized carbons (Fsp3) is 0.261. The van der Waals surface area contributed by atoms with Gasteiger partial charge in [0.15, 0.2) is 11.4 Å². The summed E-state index contributed by atoms with van der Waals surface area (Å²) in [5.41, 5.74) is 0.934. The number of aromatic nitrogens is 1. The van der Waals surface area contributed by atoms with Gasteiger partial charge in [0.25, 0.3) is 5.91 Å². The van der Waals surface area contributed by atoms with Crippen molar-refractivity contribution in [3.63, 3.8) is 0 Å². The molecule has 11 nitrogen and oxygen atoms in total. The van der Waals surface area contributed by atoms with Gasteiger partial charge in [-0.15, -0.1) is 0 Å². The molecular weight excluding hydrogens is 475 g/mol. The number of phosphoric ester groups is 1. The fourth-order valence-corrected chi connectivity index (χ4v) is 4.36. The van der Waals surface area contributed by atoms with Crippen molar-refractivity contribution in [2.75, 3.05) is 24.2 Å². The van der Waals surface area contributed by atoms with Crippen LogP contribution < -0.4 is 10.6 Å². The van der Waals surface area contributed by atoms with Crippen molar-refractivity contribution in [2.45, 2.75) is 26.0 Å². The van der Waals surface area contributed by atoms with Gasteiger partial charge >= 0.3 is 7.82 Å². The van der Waals surface area contributed by atoms with Crippen LogP contribution >= 0.6 is 7.82 Å². The van der Waals surface area contributed by atoms with E-state index in [1.54, 1.807) is 19.2 Å². The van der Waals surface area contributed by atoms with Gasteiger partial charge in [0.1, 0.15) is 11.3 Å².